The molecule has 618 valence electrons. The molecular formula is C85H166O17P2. The summed E-state index contributed by atoms with van der Waals surface area (Å²) in [6.45, 7) is 14.3. The van der Waals surface area contributed by atoms with Crippen molar-refractivity contribution in [2.75, 3.05) is 39.6 Å². The molecule has 0 aliphatic carbocycles. The fourth-order valence-corrected chi connectivity index (χ4v) is 14.7. The van der Waals surface area contributed by atoms with Gasteiger partial charge < -0.3 is 33.8 Å². The van der Waals surface area contributed by atoms with Crippen molar-refractivity contribution in [3.63, 3.8) is 0 Å². The van der Waals surface area contributed by atoms with Gasteiger partial charge in [0, 0.05) is 25.7 Å². The summed E-state index contributed by atoms with van der Waals surface area (Å²) < 4.78 is 68.8. The Bertz CT molecular complexity index is 2030. The Morgan fingerprint density at radius 3 is 0.683 bits per heavy atom. The van der Waals surface area contributed by atoms with Crippen LogP contribution in [-0.2, 0) is 65.4 Å². The quantitative estimate of drug-likeness (QED) is 0.0222. The molecule has 0 saturated heterocycles. The molecule has 17 nitrogen and oxygen atoms in total. The van der Waals surface area contributed by atoms with Crippen LogP contribution in [0.5, 0.6) is 0 Å². The second-order valence-electron chi connectivity index (χ2n) is 32.2. The zero-order valence-corrected chi connectivity index (χ0v) is 70.5. The molecule has 6 atom stereocenters. The van der Waals surface area contributed by atoms with Gasteiger partial charge in [-0.05, 0) is 49.4 Å². The number of hydrogen-bond acceptors (Lipinski definition) is 15. The normalized spacial score (nSPS) is 14.2. The molecule has 0 fully saturated rings. The van der Waals surface area contributed by atoms with Crippen LogP contribution in [0.4, 0.5) is 0 Å². The highest BCUT2D eigenvalue weighted by Crippen LogP contribution is 2.45. The Hall–Kier alpha value is -1.94. The lowest BCUT2D eigenvalue weighted by atomic mass is 9.99. The second-order valence-corrected chi connectivity index (χ2v) is 35.2. The third kappa shape index (κ3) is 76.8. The number of hydrogen-bond donors (Lipinski definition) is 3. The van der Waals surface area contributed by atoms with Crippen molar-refractivity contribution in [1.29, 1.82) is 0 Å². The third-order valence-corrected chi connectivity index (χ3v) is 22.1. The van der Waals surface area contributed by atoms with E-state index in [1.165, 1.54) is 238 Å². The monoisotopic (exact) mass is 1520 g/mol. The van der Waals surface area contributed by atoms with Crippen LogP contribution in [0.1, 0.15) is 441 Å². The molecule has 0 aromatic carbocycles. The Balaban J connectivity index is 5.20. The zero-order valence-electron chi connectivity index (χ0n) is 68.7. The van der Waals surface area contributed by atoms with Crippen molar-refractivity contribution < 1.29 is 80.2 Å². The van der Waals surface area contributed by atoms with Crippen LogP contribution in [0.3, 0.4) is 0 Å². The largest absolute Gasteiger partial charge is 0.472 e. The molecule has 0 heterocycles. The van der Waals surface area contributed by atoms with Gasteiger partial charge in [-0.1, -0.05) is 389 Å². The van der Waals surface area contributed by atoms with E-state index < -0.39 is 97.5 Å². The van der Waals surface area contributed by atoms with Crippen LogP contribution in [-0.4, -0.2) is 96.7 Å². The molecule has 19 heteroatoms. The summed E-state index contributed by atoms with van der Waals surface area (Å²) in [5.74, 6) is 1.02. The van der Waals surface area contributed by atoms with E-state index in [9.17, 15) is 43.2 Å². The van der Waals surface area contributed by atoms with Crippen molar-refractivity contribution in [2.45, 2.75) is 459 Å². The van der Waals surface area contributed by atoms with Crippen molar-refractivity contribution in [2.24, 2.45) is 23.7 Å². The molecule has 0 amide bonds. The van der Waals surface area contributed by atoms with Crippen molar-refractivity contribution >= 4 is 39.5 Å². The number of phosphoric ester groups is 2. The Labute approximate surface area is 638 Å². The molecule has 104 heavy (non-hydrogen) atoms. The molecule has 0 aliphatic rings. The zero-order chi connectivity index (χ0) is 76.7. The molecule has 0 rings (SSSR count). The summed E-state index contributed by atoms with van der Waals surface area (Å²) in [4.78, 5) is 73.1. The van der Waals surface area contributed by atoms with Gasteiger partial charge in [-0.2, -0.15) is 0 Å². The summed E-state index contributed by atoms with van der Waals surface area (Å²) in [6, 6.07) is 0. The molecule has 0 radical (unpaired) electrons. The van der Waals surface area contributed by atoms with Crippen LogP contribution in [0, 0.1) is 23.7 Å². The predicted octanol–water partition coefficient (Wildman–Crippen LogP) is 25.6. The van der Waals surface area contributed by atoms with Crippen LogP contribution in [0.25, 0.3) is 0 Å². The van der Waals surface area contributed by atoms with Crippen LogP contribution >= 0.6 is 15.6 Å². The maximum Gasteiger partial charge on any atom is 0.472 e. The van der Waals surface area contributed by atoms with Gasteiger partial charge in [0.15, 0.2) is 12.2 Å². The van der Waals surface area contributed by atoms with Crippen LogP contribution < -0.4 is 0 Å². The maximum atomic E-state index is 13.1. The lowest BCUT2D eigenvalue weighted by molar-refractivity contribution is -0.161. The van der Waals surface area contributed by atoms with E-state index in [4.69, 9.17) is 37.0 Å². The molecule has 0 aromatic heterocycles. The van der Waals surface area contributed by atoms with E-state index in [1.807, 2.05) is 0 Å². The summed E-state index contributed by atoms with van der Waals surface area (Å²) in [5, 5.41) is 10.7. The third-order valence-electron chi connectivity index (χ3n) is 20.2. The van der Waals surface area contributed by atoms with Gasteiger partial charge >= 0.3 is 39.5 Å². The second kappa shape index (κ2) is 73.8. The molecule has 0 spiro atoms. The molecule has 0 bridgehead atoms. The Morgan fingerprint density at radius 2 is 0.462 bits per heavy atom. The van der Waals surface area contributed by atoms with Crippen molar-refractivity contribution in [1.82, 2.24) is 0 Å². The predicted molar refractivity (Wildman–Crippen MR) is 428 cm³/mol. The van der Waals surface area contributed by atoms with Gasteiger partial charge in [0.2, 0.25) is 0 Å². The summed E-state index contributed by atoms with van der Waals surface area (Å²) >= 11 is 0. The van der Waals surface area contributed by atoms with Gasteiger partial charge in [-0.3, -0.25) is 37.3 Å². The van der Waals surface area contributed by atoms with Gasteiger partial charge in [0.05, 0.1) is 26.4 Å². The molecule has 3 unspecified atom stereocenters. The first-order chi connectivity index (χ1) is 50.1. The van der Waals surface area contributed by atoms with E-state index in [0.29, 0.717) is 31.6 Å². The molecule has 0 saturated carbocycles. The standard InChI is InChI=1S/C85H166O17P2/c1-9-78(8)64-56-48-39-33-27-20-16-12-10-11-13-17-21-28-34-40-49-57-65-82(87)95-71-80(101-84(89)67-59-51-41-35-29-22-18-14-15-19-25-31-37-45-53-61-75(2)3)73-99-103(91,92)97-69-79(86)70-98-104(93,94)100-74-81(72-96-83(88)66-58-50-44-43-47-55-63-77(6)7)102-85(90)68-60-52-42-36-30-24-23-26-32-38-46-54-62-76(4)5/h75-81,86H,9-74H2,1-8H3,(H,91,92)(H,93,94)/t78?,79-,80-,81-/m1/s1. The average molecular weight is 1520 g/mol. The smallest absolute Gasteiger partial charge is 0.462 e. The van der Waals surface area contributed by atoms with Gasteiger partial charge in [-0.15, -0.1) is 0 Å². The highest BCUT2D eigenvalue weighted by Gasteiger charge is 2.30. The number of aliphatic hydroxyl groups is 1. The average Bonchev–Trinajstić information content (AvgIpc) is 1.26. The van der Waals surface area contributed by atoms with Gasteiger partial charge in [0.25, 0.3) is 0 Å². The highest BCUT2D eigenvalue weighted by molar-refractivity contribution is 7.47. The van der Waals surface area contributed by atoms with Crippen molar-refractivity contribution in [3.05, 3.63) is 0 Å². The van der Waals surface area contributed by atoms with Crippen LogP contribution in [0.15, 0.2) is 0 Å². The van der Waals surface area contributed by atoms with E-state index in [1.54, 1.807) is 0 Å². The number of carbonyl (C=O) groups excluding carboxylic acids is 4. The molecular weight excluding hydrogens is 1350 g/mol. The molecule has 0 aliphatic heterocycles. The summed E-state index contributed by atoms with van der Waals surface area (Å²) in [7, 11) is -9.93. The Kier molecular flexibility index (Phi) is 72.5. The maximum absolute atomic E-state index is 13.1. The minimum absolute atomic E-state index is 0.106. The number of carbonyl (C=O) groups is 4. The molecule has 0 aromatic rings. The SMILES string of the molecule is CCC(C)CCCCCCCCCCCCCCCCCCCCC(=O)OC[C@H](COP(=O)(O)OC[C@@H](O)COP(=O)(O)OC[C@@H](COC(=O)CCCCCCCCC(C)C)OC(=O)CCCCCCCCCCCCCCC(C)C)OC(=O)CCCCCCCCCCCCCCCCCC(C)C. The van der Waals surface area contributed by atoms with Gasteiger partial charge in [-0.25, -0.2) is 9.13 Å². The summed E-state index contributed by atoms with van der Waals surface area (Å²) in [6.07, 6.45) is 62.7. The number of ether oxygens (including phenoxy) is 4. The summed E-state index contributed by atoms with van der Waals surface area (Å²) in [5.41, 5.74) is 0. The number of rotatable bonds is 82. The molecule has 3 N–H and O–H groups in total. The van der Waals surface area contributed by atoms with Crippen LogP contribution in [0.2, 0.25) is 0 Å². The number of esters is 4. The van der Waals surface area contributed by atoms with E-state index in [-0.39, 0.29) is 25.7 Å². The lowest BCUT2D eigenvalue weighted by Crippen LogP contribution is -2.30. The first-order valence-corrected chi connectivity index (χ1v) is 46.7. The fraction of sp³-hybridized carbons (Fsp3) is 0.953. The lowest BCUT2D eigenvalue weighted by Gasteiger charge is -2.21. The van der Waals surface area contributed by atoms with E-state index in [0.717, 1.165) is 114 Å². The van der Waals surface area contributed by atoms with Gasteiger partial charge in [0.1, 0.15) is 19.3 Å². The fourth-order valence-electron chi connectivity index (χ4n) is 13.1. The highest BCUT2D eigenvalue weighted by atomic mass is 31.2. The number of aliphatic hydroxyl groups excluding tert-OH is 1. The Morgan fingerprint density at radius 1 is 0.269 bits per heavy atom. The van der Waals surface area contributed by atoms with Crippen molar-refractivity contribution in [3.8, 4) is 0 Å². The first kappa shape index (κ1) is 102. The van der Waals surface area contributed by atoms with E-state index in [2.05, 4.69) is 55.4 Å². The minimum Gasteiger partial charge on any atom is -0.462 e. The number of unbranched alkanes of at least 4 members (excludes halogenated alkanes) is 47. The number of phosphoric acid groups is 2. The van der Waals surface area contributed by atoms with E-state index >= 15 is 0 Å². The topological polar surface area (TPSA) is 237 Å². The first-order valence-electron chi connectivity index (χ1n) is 43.7. The minimum atomic E-state index is -4.97.